The molecule has 2 saturated heterocycles. The third-order valence-electron chi connectivity index (χ3n) is 11.0. The molecule has 6 nitrogen and oxygen atoms in total. The number of phenolic OH excluding ortho intramolecular Hbond substituents is 1. The van der Waals surface area contributed by atoms with Gasteiger partial charge >= 0.3 is 0 Å². The van der Waals surface area contributed by atoms with Crippen LogP contribution < -0.4 is 15.0 Å². The number of anilines is 1. The van der Waals surface area contributed by atoms with Crippen molar-refractivity contribution in [1.82, 2.24) is 14.9 Å². The van der Waals surface area contributed by atoms with Crippen molar-refractivity contribution < 1.29 is 14.2 Å². The molecule has 2 saturated carbocycles. The van der Waals surface area contributed by atoms with E-state index in [9.17, 15) is 5.11 Å². The molecule has 2 aromatic heterocycles. The predicted octanol–water partition coefficient (Wildman–Crippen LogP) is 7.27. The minimum absolute atomic E-state index is 0.156. The number of fused-ring (bicyclic) bond motifs is 5. The van der Waals surface area contributed by atoms with Crippen molar-refractivity contribution in [3.63, 3.8) is 0 Å². The summed E-state index contributed by atoms with van der Waals surface area (Å²) in [5, 5.41) is 17.2. The van der Waals surface area contributed by atoms with Gasteiger partial charge in [0.1, 0.15) is 11.6 Å². The number of hydrogen-bond acceptors (Lipinski definition) is 5. The van der Waals surface area contributed by atoms with E-state index in [1.54, 1.807) is 18.2 Å². The van der Waals surface area contributed by atoms with E-state index in [0.717, 1.165) is 58.8 Å². The molecule has 4 aromatic rings. The van der Waals surface area contributed by atoms with Crippen molar-refractivity contribution in [3.05, 3.63) is 54.0 Å². The van der Waals surface area contributed by atoms with Crippen LogP contribution in [0.1, 0.15) is 70.3 Å². The summed E-state index contributed by atoms with van der Waals surface area (Å²) in [6.45, 7) is 4.63. The average Bonchev–Trinajstić information content (AvgIpc) is 3.71. The van der Waals surface area contributed by atoms with Gasteiger partial charge in [0.25, 0.3) is 0 Å². The standard InChI is InChI=1S/C35H41FN4O2/c1-2-27-29(36)11-8-22-16-26(41)17-31(33(22)27)40-15-12-28-30(39-19-24-9-10-25(20-39)37-24)18-32(38-34(28)40)42-21-35-13-4-3-6-23(35)7-5-14-35/h8,11-12,15-18,23-25,37,41H,2-7,9-10,13-14,19-21H2,1H3. The molecule has 0 spiro atoms. The number of rotatable bonds is 6. The summed E-state index contributed by atoms with van der Waals surface area (Å²) in [4.78, 5) is 7.66. The lowest BCUT2D eigenvalue weighted by atomic mass is 9.69. The predicted molar refractivity (Wildman–Crippen MR) is 165 cm³/mol. The zero-order valence-corrected chi connectivity index (χ0v) is 24.5. The fourth-order valence-electron chi connectivity index (χ4n) is 8.94. The number of nitrogens with one attached hydrogen (secondary N) is 1. The maximum atomic E-state index is 15.1. The van der Waals surface area contributed by atoms with Gasteiger partial charge in [-0.15, -0.1) is 0 Å². The molecule has 7 heteroatoms. The van der Waals surface area contributed by atoms with Gasteiger partial charge in [-0.05, 0) is 80.0 Å². The highest BCUT2D eigenvalue weighted by Gasteiger charge is 2.45. The molecule has 2 aromatic carbocycles. The molecule has 220 valence electrons. The van der Waals surface area contributed by atoms with Crippen LogP contribution in [0.25, 0.3) is 27.5 Å². The fourth-order valence-corrected chi connectivity index (χ4v) is 8.94. The highest BCUT2D eigenvalue weighted by molar-refractivity contribution is 5.98. The molecule has 42 heavy (non-hydrogen) atoms. The van der Waals surface area contributed by atoms with E-state index in [1.165, 1.54) is 63.9 Å². The molecule has 4 heterocycles. The molecule has 0 radical (unpaired) electrons. The maximum Gasteiger partial charge on any atom is 0.217 e. The highest BCUT2D eigenvalue weighted by Crippen LogP contribution is 2.52. The van der Waals surface area contributed by atoms with Gasteiger partial charge in [-0.3, -0.25) is 0 Å². The first-order chi connectivity index (χ1) is 20.5. The van der Waals surface area contributed by atoms with Crippen molar-refractivity contribution in [3.8, 4) is 17.3 Å². The van der Waals surface area contributed by atoms with E-state index in [2.05, 4.69) is 22.3 Å². The van der Waals surface area contributed by atoms with Gasteiger partial charge in [-0.2, -0.15) is 4.98 Å². The molecule has 2 N–H and O–H groups in total. The quantitative estimate of drug-likeness (QED) is 0.256. The Morgan fingerprint density at radius 2 is 1.81 bits per heavy atom. The van der Waals surface area contributed by atoms with Crippen LogP contribution in [0, 0.1) is 17.2 Å². The number of nitrogens with zero attached hydrogens (tertiary/aromatic N) is 3. The van der Waals surface area contributed by atoms with Crippen molar-refractivity contribution >= 4 is 27.5 Å². The van der Waals surface area contributed by atoms with Gasteiger partial charge in [-0.25, -0.2) is 4.39 Å². The molecular formula is C35H41FN4O2. The molecule has 4 aliphatic rings. The lowest BCUT2D eigenvalue weighted by Crippen LogP contribution is -2.51. The number of pyridine rings is 1. The van der Waals surface area contributed by atoms with Gasteiger partial charge in [-0.1, -0.05) is 32.3 Å². The van der Waals surface area contributed by atoms with Crippen LogP contribution >= 0.6 is 0 Å². The second-order valence-electron chi connectivity index (χ2n) is 13.4. The van der Waals surface area contributed by atoms with Crippen molar-refractivity contribution in [2.45, 2.75) is 83.2 Å². The maximum absolute atomic E-state index is 15.1. The SMILES string of the molecule is CCc1c(F)ccc2cc(O)cc(-n3ccc4c(N5CC6CCC(C5)N6)cc(OCC56CCCCC5CCC6)nc43)c12. The van der Waals surface area contributed by atoms with E-state index in [0.29, 0.717) is 29.9 Å². The van der Waals surface area contributed by atoms with Gasteiger partial charge in [0.15, 0.2) is 5.65 Å². The summed E-state index contributed by atoms with van der Waals surface area (Å²) in [6, 6.07) is 12.0. The third-order valence-corrected chi connectivity index (χ3v) is 11.0. The molecular weight excluding hydrogens is 527 g/mol. The Morgan fingerprint density at radius 1 is 1.00 bits per heavy atom. The minimum Gasteiger partial charge on any atom is -0.508 e. The van der Waals surface area contributed by atoms with Crippen LogP contribution in [-0.2, 0) is 6.42 Å². The Labute approximate surface area is 246 Å². The van der Waals surface area contributed by atoms with Crippen LogP contribution in [-0.4, -0.2) is 46.4 Å². The van der Waals surface area contributed by atoms with Crippen LogP contribution in [0.4, 0.5) is 10.1 Å². The van der Waals surface area contributed by atoms with E-state index in [4.69, 9.17) is 9.72 Å². The summed E-state index contributed by atoms with van der Waals surface area (Å²) in [5.41, 5.74) is 3.62. The molecule has 4 atom stereocenters. The second-order valence-corrected chi connectivity index (χ2v) is 13.4. The van der Waals surface area contributed by atoms with E-state index in [1.807, 2.05) is 17.7 Å². The fraction of sp³-hybridized carbons (Fsp3) is 0.514. The Kier molecular flexibility index (Phi) is 6.36. The molecule has 0 amide bonds. The number of piperazine rings is 1. The van der Waals surface area contributed by atoms with E-state index < -0.39 is 0 Å². The van der Waals surface area contributed by atoms with Gasteiger partial charge in [0.05, 0.1) is 18.0 Å². The third kappa shape index (κ3) is 4.26. The number of aromatic nitrogens is 2. The minimum atomic E-state index is -0.222. The summed E-state index contributed by atoms with van der Waals surface area (Å²) in [7, 11) is 0. The molecule has 2 bridgehead atoms. The first-order valence-electron chi connectivity index (χ1n) is 16.1. The molecule has 2 aliphatic heterocycles. The van der Waals surface area contributed by atoms with E-state index in [-0.39, 0.29) is 17.0 Å². The van der Waals surface area contributed by atoms with Crippen LogP contribution in [0.15, 0.2) is 42.6 Å². The number of phenols is 1. The highest BCUT2D eigenvalue weighted by atomic mass is 19.1. The molecule has 4 fully saturated rings. The summed E-state index contributed by atoms with van der Waals surface area (Å²) in [5.74, 6) is 1.37. The Balaban J connectivity index is 1.27. The summed E-state index contributed by atoms with van der Waals surface area (Å²) in [6.07, 6.45) is 14.1. The smallest absolute Gasteiger partial charge is 0.217 e. The zero-order chi connectivity index (χ0) is 28.4. The van der Waals surface area contributed by atoms with E-state index >= 15 is 4.39 Å². The normalized spacial score (nSPS) is 27.2. The molecule has 2 aliphatic carbocycles. The van der Waals surface area contributed by atoms with Gasteiger partial charge in [0.2, 0.25) is 5.88 Å². The lowest BCUT2D eigenvalue weighted by molar-refractivity contribution is 0.0576. The topological polar surface area (TPSA) is 62.5 Å². The second kappa shape index (κ2) is 10.1. The number of aryl methyl sites for hydroxylation is 1. The van der Waals surface area contributed by atoms with Crippen molar-refractivity contribution in [2.75, 3.05) is 24.6 Å². The first kappa shape index (κ1) is 26.3. The largest absolute Gasteiger partial charge is 0.508 e. The number of ether oxygens (including phenoxy) is 1. The average molecular weight is 569 g/mol. The Morgan fingerprint density at radius 3 is 2.64 bits per heavy atom. The van der Waals surface area contributed by atoms with Crippen LogP contribution in [0.3, 0.4) is 0 Å². The van der Waals surface area contributed by atoms with Gasteiger partial charge < -0.3 is 24.6 Å². The lowest BCUT2D eigenvalue weighted by Gasteiger charge is -2.39. The number of halogens is 1. The Hall–Kier alpha value is -3.32. The number of hydrogen-bond donors (Lipinski definition) is 2. The molecule has 8 rings (SSSR count). The van der Waals surface area contributed by atoms with Gasteiger partial charge in [0, 0.05) is 59.7 Å². The van der Waals surface area contributed by atoms with Crippen molar-refractivity contribution in [2.24, 2.45) is 11.3 Å². The first-order valence-corrected chi connectivity index (χ1v) is 16.1. The number of aromatic hydroxyl groups is 1. The Bertz CT molecular complexity index is 1650. The molecule has 4 unspecified atom stereocenters. The zero-order valence-electron chi connectivity index (χ0n) is 24.5. The van der Waals surface area contributed by atoms with Crippen LogP contribution in [0.2, 0.25) is 0 Å². The summed E-state index contributed by atoms with van der Waals surface area (Å²) >= 11 is 0. The monoisotopic (exact) mass is 568 g/mol. The van der Waals surface area contributed by atoms with Crippen molar-refractivity contribution in [1.29, 1.82) is 0 Å². The van der Waals surface area contributed by atoms with Crippen LogP contribution in [0.5, 0.6) is 11.6 Å². The number of benzene rings is 2. The summed E-state index contributed by atoms with van der Waals surface area (Å²) < 4.78 is 23.8.